The Morgan fingerprint density at radius 2 is 1.53 bits per heavy atom. The zero-order valence-electron chi connectivity index (χ0n) is 20.9. The first-order chi connectivity index (χ1) is 18.3. The average molecular weight is 512 g/mol. The van der Waals surface area contributed by atoms with Crippen LogP contribution in [-0.2, 0) is 4.79 Å². The Morgan fingerprint density at radius 1 is 0.842 bits per heavy atom. The Bertz CT molecular complexity index is 1540. The fraction of sp³-hybridized carbons (Fsp3) is 0.133. The Kier molecular flexibility index (Phi) is 8.03. The molecule has 0 saturated heterocycles. The van der Waals surface area contributed by atoms with Crippen LogP contribution in [0.4, 0.5) is 10.1 Å². The number of pyridine rings is 1. The molecule has 2 N–H and O–H groups in total. The molecule has 1 unspecified atom stereocenters. The van der Waals surface area contributed by atoms with Crippen molar-refractivity contribution in [1.82, 2.24) is 9.88 Å². The maximum atomic E-state index is 13.8. The van der Waals surface area contributed by atoms with Gasteiger partial charge >= 0.3 is 0 Å². The van der Waals surface area contributed by atoms with Crippen LogP contribution in [0.25, 0.3) is 11.3 Å². The van der Waals surface area contributed by atoms with Gasteiger partial charge in [0.05, 0.1) is 11.7 Å². The summed E-state index contributed by atoms with van der Waals surface area (Å²) in [6.07, 6.45) is 0.506. The number of carbonyl (C=O) groups is 3. The number of likely N-dealkylation sites (N-methyl/N-ethyl adjacent to an activating group) is 1. The van der Waals surface area contributed by atoms with Gasteiger partial charge in [0.15, 0.2) is 5.78 Å². The van der Waals surface area contributed by atoms with Crippen molar-refractivity contribution in [3.63, 3.8) is 0 Å². The summed E-state index contributed by atoms with van der Waals surface area (Å²) in [4.78, 5) is 53.0. The molecule has 0 aliphatic rings. The van der Waals surface area contributed by atoms with E-state index >= 15 is 0 Å². The number of benzene rings is 3. The quantitative estimate of drug-likeness (QED) is 0.339. The van der Waals surface area contributed by atoms with Gasteiger partial charge < -0.3 is 10.6 Å². The van der Waals surface area contributed by atoms with Gasteiger partial charge in [-0.05, 0) is 67.6 Å². The van der Waals surface area contributed by atoms with Crippen molar-refractivity contribution in [3.05, 3.63) is 124 Å². The summed E-state index contributed by atoms with van der Waals surface area (Å²) in [5.74, 6) is -1.93. The van der Waals surface area contributed by atoms with E-state index in [2.05, 4.69) is 10.6 Å². The van der Waals surface area contributed by atoms with Gasteiger partial charge in [0.25, 0.3) is 11.5 Å². The van der Waals surface area contributed by atoms with Crippen LogP contribution in [0.15, 0.2) is 95.8 Å². The number of rotatable bonds is 8. The molecule has 1 heterocycles. The van der Waals surface area contributed by atoms with Crippen LogP contribution >= 0.6 is 0 Å². The number of nitrogens with zero attached hydrogens (tertiary/aromatic N) is 1. The van der Waals surface area contributed by atoms with Crippen LogP contribution in [-0.4, -0.2) is 35.3 Å². The first-order valence-corrected chi connectivity index (χ1v) is 12.1. The highest BCUT2D eigenvalue weighted by molar-refractivity contribution is 6.10. The van der Waals surface area contributed by atoms with Crippen LogP contribution in [0.3, 0.4) is 0 Å². The van der Waals surface area contributed by atoms with Gasteiger partial charge in [-0.3, -0.25) is 19.2 Å². The second kappa shape index (κ2) is 11.6. The second-order valence-corrected chi connectivity index (χ2v) is 8.60. The highest BCUT2D eigenvalue weighted by Crippen LogP contribution is 2.21. The third-order valence-electron chi connectivity index (χ3n) is 6.16. The lowest BCUT2D eigenvalue weighted by Crippen LogP contribution is -2.40. The van der Waals surface area contributed by atoms with E-state index in [0.717, 1.165) is 4.57 Å². The van der Waals surface area contributed by atoms with Gasteiger partial charge in [-0.2, -0.15) is 0 Å². The molecule has 4 rings (SSSR count). The molecular formula is C30H26FN3O4. The first-order valence-electron chi connectivity index (χ1n) is 12.1. The number of ketones is 1. The van der Waals surface area contributed by atoms with Crippen LogP contribution in [0, 0.1) is 5.82 Å². The van der Waals surface area contributed by atoms with Gasteiger partial charge in [-0.1, -0.05) is 49.4 Å². The molecule has 38 heavy (non-hydrogen) atoms. The van der Waals surface area contributed by atoms with Crippen LogP contribution in [0.5, 0.6) is 0 Å². The maximum Gasteiger partial charge on any atom is 0.281 e. The summed E-state index contributed by atoms with van der Waals surface area (Å²) in [6.45, 7) is 1.83. The minimum atomic E-state index is -0.703. The van der Waals surface area contributed by atoms with E-state index in [1.807, 2.05) is 13.0 Å². The van der Waals surface area contributed by atoms with Gasteiger partial charge in [-0.15, -0.1) is 0 Å². The summed E-state index contributed by atoms with van der Waals surface area (Å²) < 4.78 is 14.3. The number of amides is 1. The van der Waals surface area contributed by atoms with Crippen molar-refractivity contribution < 1.29 is 18.8 Å². The Morgan fingerprint density at radius 3 is 2.18 bits per heavy atom. The highest BCUT2D eigenvalue weighted by Gasteiger charge is 2.22. The SMILES string of the molecule is CCC(NC)C(=O)Nc1ccc(-c2ccccc2)n(C(=O)c2cccc(C(=O)c3ccc(F)cc3)c2)c1=O. The number of anilines is 1. The molecule has 0 radical (unpaired) electrons. The second-order valence-electron chi connectivity index (χ2n) is 8.60. The highest BCUT2D eigenvalue weighted by atomic mass is 19.1. The molecule has 0 fully saturated rings. The van der Waals surface area contributed by atoms with Crippen molar-refractivity contribution in [2.45, 2.75) is 19.4 Å². The van der Waals surface area contributed by atoms with E-state index in [1.54, 1.807) is 49.5 Å². The number of hydrogen-bond acceptors (Lipinski definition) is 5. The number of nitrogens with one attached hydrogen (secondary N) is 2. The van der Waals surface area contributed by atoms with Crippen LogP contribution in [0.2, 0.25) is 0 Å². The van der Waals surface area contributed by atoms with Crippen molar-refractivity contribution in [2.75, 3.05) is 12.4 Å². The summed E-state index contributed by atoms with van der Waals surface area (Å²) in [5.41, 5.74) is 0.771. The summed E-state index contributed by atoms with van der Waals surface area (Å²) in [7, 11) is 1.65. The fourth-order valence-electron chi connectivity index (χ4n) is 4.10. The van der Waals surface area contributed by atoms with Crippen molar-refractivity contribution in [3.8, 4) is 11.3 Å². The van der Waals surface area contributed by atoms with Gasteiger partial charge in [0.1, 0.15) is 11.5 Å². The van der Waals surface area contributed by atoms with E-state index in [9.17, 15) is 23.6 Å². The van der Waals surface area contributed by atoms with E-state index in [0.29, 0.717) is 17.7 Å². The average Bonchev–Trinajstić information content (AvgIpc) is 2.95. The van der Waals surface area contributed by atoms with Gasteiger partial charge in [0.2, 0.25) is 5.91 Å². The molecular weight excluding hydrogens is 485 g/mol. The lowest BCUT2D eigenvalue weighted by atomic mass is 10.0. The molecule has 192 valence electrons. The molecule has 0 bridgehead atoms. The Labute approximate surface area is 218 Å². The summed E-state index contributed by atoms with van der Waals surface area (Å²) in [6, 6.07) is 22.6. The molecule has 1 aromatic heterocycles. The first kappa shape index (κ1) is 26.4. The van der Waals surface area contributed by atoms with E-state index in [4.69, 9.17) is 0 Å². The molecule has 8 heteroatoms. The van der Waals surface area contributed by atoms with Crippen molar-refractivity contribution in [2.24, 2.45) is 0 Å². The minimum absolute atomic E-state index is 0.0460. The van der Waals surface area contributed by atoms with Gasteiger partial charge in [0, 0.05) is 16.7 Å². The zero-order valence-corrected chi connectivity index (χ0v) is 20.9. The van der Waals surface area contributed by atoms with Crippen LogP contribution < -0.4 is 16.2 Å². The lowest BCUT2D eigenvalue weighted by molar-refractivity contribution is -0.118. The molecule has 7 nitrogen and oxygen atoms in total. The number of carbonyl (C=O) groups excluding carboxylic acids is 3. The minimum Gasteiger partial charge on any atom is -0.320 e. The number of halogens is 1. The van der Waals surface area contributed by atoms with E-state index in [-0.39, 0.29) is 22.4 Å². The zero-order chi connectivity index (χ0) is 27.2. The summed E-state index contributed by atoms with van der Waals surface area (Å²) in [5, 5.41) is 5.51. The number of hydrogen-bond donors (Lipinski definition) is 2. The monoisotopic (exact) mass is 511 g/mol. The predicted molar refractivity (Wildman–Crippen MR) is 144 cm³/mol. The normalized spacial score (nSPS) is 11.6. The fourth-order valence-corrected chi connectivity index (χ4v) is 4.10. The maximum absolute atomic E-state index is 13.8. The van der Waals surface area contributed by atoms with Gasteiger partial charge in [-0.25, -0.2) is 8.96 Å². The molecule has 0 aliphatic heterocycles. The number of aromatic nitrogens is 1. The van der Waals surface area contributed by atoms with Crippen molar-refractivity contribution >= 4 is 23.3 Å². The molecule has 3 aromatic carbocycles. The lowest BCUT2D eigenvalue weighted by Gasteiger charge is -2.17. The Balaban J connectivity index is 1.79. The third-order valence-corrected chi connectivity index (χ3v) is 6.16. The predicted octanol–water partition coefficient (Wildman–Crippen LogP) is 4.51. The third kappa shape index (κ3) is 5.50. The molecule has 1 amide bonds. The van der Waals surface area contributed by atoms with E-state index in [1.165, 1.54) is 42.5 Å². The smallest absolute Gasteiger partial charge is 0.281 e. The Hall–Kier alpha value is -4.69. The van der Waals surface area contributed by atoms with E-state index < -0.39 is 35.0 Å². The molecule has 1 atom stereocenters. The standard InChI is InChI=1S/C30H26FN3O4/c1-3-24(32-2)28(36)33-25-16-17-26(19-8-5-4-6-9-19)34(30(25)38)29(37)22-11-7-10-21(18-22)27(35)20-12-14-23(31)15-13-20/h4-18,24,32H,3H2,1-2H3,(H,33,36). The molecule has 0 spiro atoms. The molecule has 0 aliphatic carbocycles. The van der Waals surface area contributed by atoms with Crippen molar-refractivity contribution in [1.29, 1.82) is 0 Å². The molecule has 4 aromatic rings. The van der Waals surface area contributed by atoms with Crippen LogP contribution in [0.1, 0.15) is 39.6 Å². The largest absolute Gasteiger partial charge is 0.320 e. The summed E-state index contributed by atoms with van der Waals surface area (Å²) >= 11 is 0. The molecule has 0 saturated carbocycles. The topological polar surface area (TPSA) is 97.3 Å².